The van der Waals surface area contributed by atoms with Crippen LogP contribution in [-0.4, -0.2) is 13.4 Å². The highest BCUT2D eigenvalue weighted by Gasteiger charge is 2.26. The molecule has 0 radical (unpaired) electrons. The summed E-state index contributed by atoms with van der Waals surface area (Å²) >= 11 is 7.56. The van der Waals surface area contributed by atoms with E-state index in [1.54, 1.807) is 0 Å². The van der Waals surface area contributed by atoms with E-state index >= 15 is 0 Å². The first kappa shape index (κ1) is 43.9. The van der Waals surface area contributed by atoms with Crippen LogP contribution in [0.3, 0.4) is 0 Å². The number of hydrogen-bond donors (Lipinski definition) is 0. The van der Waals surface area contributed by atoms with E-state index in [2.05, 4.69) is 204 Å². The van der Waals surface area contributed by atoms with Gasteiger partial charge in [-0.2, -0.15) is 0 Å². The molecule has 8 rings (SSSR count). The Bertz CT molecular complexity index is 2600. The van der Waals surface area contributed by atoms with Crippen molar-refractivity contribution in [3.05, 3.63) is 186 Å². The molecule has 0 saturated carbocycles. The normalized spacial score (nSPS) is 11.7. The Morgan fingerprint density at radius 2 is 0.500 bits per heavy atom. The third-order valence-corrected chi connectivity index (χ3v) is 17.2. The van der Waals surface area contributed by atoms with Crippen LogP contribution in [0.5, 0.6) is 0 Å². The third kappa shape index (κ3) is 9.17. The minimum atomic E-state index is 0.190. The lowest BCUT2D eigenvalue weighted by molar-refractivity contribution is 1.34. The van der Waals surface area contributed by atoms with E-state index in [1.807, 2.05) is 45.3 Å². The van der Waals surface area contributed by atoms with Crippen LogP contribution in [0.25, 0.3) is 41.4 Å². The van der Waals surface area contributed by atoms with Crippen LogP contribution in [0.2, 0.25) is 0 Å². The molecule has 0 bridgehead atoms. The first-order valence-electron chi connectivity index (χ1n) is 21.7. The molecule has 4 aromatic heterocycles. The standard InChI is InChI=1S/C56H56B2S4/c1-33-25-37(5)53(38(6)26-33)57(54-39(7)27-34(2)28-40(54)8)23-21-45-13-15-47(59-45)49-17-19-51(61-49)52-20-18-50(62-52)48-16-14-46(60-48)22-24-58(55-41(9)29-35(3)30-42(55)10)56-43(11)31-36(4)32-44(56)12/h13-32H,1-12H3/b23-21+,24-22+. The number of benzene rings is 4. The van der Waals surface area contributed by atoms with Crippen molar-refractivity contribution < 1.29 is 0 Å². The maximum atomic E-state index is 2.44. The third-order valence-electron chi connectivity index (χ3n) is 12.3. The molecule has 4 aromatic carbocycles. The smallest absolute Gasteiger partial charge is 0.135 e. The predicted octanol–water partition coefficient (Wildman–Crippen LogP) is 14.4. The first-order valence-corrected chi connectivity index (χ1v) is 25.0. The average Bonchev–Trinajstić information content (AvgIpc) is 4.01. The van der Waals surface area contributed by atoms with Gasteiger partial charge in [0.2, 0.25) is 13.4 Å². The van der Waals surface area contributed by atoms with E-state index in [4.69, 9.17) is 0 Å². The monoisotopic (exact) mass is 878 g/mol. The van der Waals surface area contributed by atoms with Gasteiger partial charge in [-0.05, 0) is 132 Å². The second-order valence-corrected chi connectivity index (χ2v) is 22.1. The summed E-state index contributed by atoms with van der Waals surface area (Å²) in [5, 5.41) is 0. The molecule has 0 aliphatic heterocycles. The molecule has 6 heteroatoms. The molecule has 0 atom stereocenters. The van der Waals surface area contributed by atoms with Crippen molar-refractivity contribution in [1.82, 2.24) is 0 Å². The zero-order valence-corrected chi connectivity index (χ0v) is 41.6. The van der Waals surface area contributed by atoms with Gasteiger partial charge in [0.05, 0.1) is 0 Å². The predicted molar refractivity (Wildman–Crippen MR) is 285 cm³/mol. The fourth-order valence-corrected chi connectivity index (χ4v) is 14.3. The zero-order valence-electron chi connectivity index (χ0n) is 38.3. The molecule has 0 fully saturated rings. The quantitative estimate of drug-likeness (QED) is 0.114. The van der Waals surface area contributed by atoms with Gasteiger partial charge in [-0.3, -0.25) is 0 Å². The van der Waals surface area contributed by atoms with Crippen molar-refractivity contribution >= 4 is 92.8 Å². The van der Waals surface area contributed by atoms with E-state index in [9.17, 15) is 0 Å². The maximum absolute atomic E-state index is 2.44. The van der Waals surface area contributed by atoms with Gasteiger partial charge < -0.3 is 0 Å². The van der Waals surface area contributed by atoms with E-state index in [0.717, 1.165) is 0 Å². The second kappa shape index (κ2) is 18.2. The summed E-state index contributed by atoms with van der Waals surface area (Å²) in [6, 6.07) is 37.1. The largest absolute Gasteiger partial charge is 0.235 e. The maximum Gasteiger partial charge on any atom is 0.235 e. The van der Waals surface area contributed by atoms with Crippen LogP contribution in [0, 0.1) is 83.1 Å². The van der Waals surface area contributed by atoms with Crippen molar-refractivity contribution in [2.75, 3.05) is 0 Å². The van der Waals surface area contributed by atoms with Crippen LogP contribution in [0.1, 0.15) is 76.5 Å². The summed E-state index contributed by atoms with van der Waals surface area (Å²) in [4.78, 5) is 10.5. The molecule has 0 N–H and O–H groups in total. The van der Waals surface area contributed by atoms with Crippen LogP contribution >= 0.6 is 45.3 Å². The Labute approximate surface area is 387 Å². The molecule has 4 heterocycles. The lowest BCUT2D eigenvalue weighted by Gasteiger charge is -2.22. The van der Waals surface area contributed by atoms with E-state index in [0.29, 0.717) is 0 Å². The summed E-state index contributed by atoms with van der Waals surface area (Å²) in [5.74, 6) is 4.89. The van der Waals surface area contributed by atoms with Crippen molar-refractivity contribution in [2.45, 2.75) is 83.1 Å². The molecule has 8 aromatic rings. The minimum Gasteiger partial charge on any atom is -0.135 e. The second-order valence-electron chi connectivity index (χ2n) is 17.7. The van der Waals surface area contributed by atoms with Gasteiger partial charge in [0, 0.05) is 39.0 Å². The lowest BCUT2D eigenvalue weighted by atomic mass is 9.37. The molecule has 62 heavy (non-hydrogen) atoms. The van der Waals surface area contributed by atoms with Gasteiger partial charge in [0.25, 0.3) is 0 Å². The van der Waals surface area contributed by atoms with E-state index in [-0.39, 0.29) is 13.4 Å². The number of thiophene rings is 4. The molecule has 0 amide bonds. The lowest BCUT2D eigenvalue weighted by Crippen LogP contribution is -2.46. The van der Waals surface area contributed by atoms with Gasteiger partial charge in [-0.15, -0.1) is 57.3 Å². The summed E-state index contributed by atoms with van der Waals surface area (Å²) in [5.41, 5.74) is 21.9. The SMILES string of the molecule is Cc1cc(C)c(B(/C=C/c2ccc(-c3ccc(-c4ccc(-c5ccc(/C=C/B(c6c(C)cc(C)cc6C)c6c(C)cc(C)cc6C)s5)s4)s3)s2)c2c(C)cc(C)cc2C)c(C)c1. The van der Waals surface area contributed by atoms with Gasteiger partial charge in [-0.1, -0.05) is 149 Å². The zero-order chi connectivity index (χ0) is 44.0. The molecule has 310 valence electrons. The van der Waals surface area contributed by atoms with Crippen molar-refractivity contribution in [3.63, 3.8) is 0 Å². The number of hydrogen-bond acceptors (Lipinski definition) is 4. The molecular weight excluding hydrogens is 823 g/mol. The van der Waals surface area contributed by atoms with Crippen LogP contribution < -0.4 is 21.9 Å². The average molecular weight is 879 g/mol. The molecule has 0 saturated heterocycles. The molecule has 0 aliphatic carbocycles. The van der Waals surface area contributed by atoms with Gasteiger partial charge in [-0.25, -0.2) is 0 Å². The highest BCUT2D eigenvalue weighted by molar-refractivity contribution is 7.28. The summed E-state index contributed by atoms with van der Waals surface area (Å²) in [7, 11) is 0. The summed E-state index contributed by atoms with van der Waals surface area (Å²) in [6.45, 7) is 27.4. The Balaban J connectivity index is 1.02. The summed E-state index contributed by atoms with van der Waals surface area (Å²) < 4.78 is 0. The molecule has 0 spiro atoms. The van der Waals surface area contributed by atoms with Crippen LogP contribution in [0.4, 0.5) is 0 Å². The van der Waals surface area contributed by atoms with E-state index in [1.165, 1.54) is 128 Å². The molecule has 0 unspecified atom stereocenters. The fourth-order valence-electron chi connectivity index (χ4n) is 10.1. The van der Waals surface area contributed by atoms with Gasteiger partial charge in [0.15, 0.2) is 0 Å². The number of rotatable bonds is 11. The number of aryl methyl sites for hydroxylation is 12. The Morgan fingerprint density at radius 1 is 0.290 bits per heavy atom. The molecule has 0 nitrogen and oxygen atoms in total. The summed E-state index contributed by atoms with van der Waals surface area (Å²) in [6.07, 6.45) is 4.71. The first-order chi connectivity index (χ1) is 29.6. The fraction of sp³-hybridized carbons (Fsp3) is 0.214. The van der Waals surface area contributed by atoms with E-state index < -0.39 is 0 Å². The highest BCUT2D eigenvalue weighted by Crippen LogP contribution is 2.43. The molecule has 0 aliphatic rings. The Kier molecular flexibility index (Phi) is 12.9. The van der Waals surface area contributed by atoms with Crippen LogP contribution in [-0.2, 0) is 0 Å². The van der Waals surface area contributed by atoms with Gasteiger partial charge >= 0.3 is 0 Å². The Morgan fingerprint density at radius 3 is 0.742 bits per heavy atom. The van der Waals surface area contributed by atoms with Crippen molar-refractivity contribution in [3.8, 4) is 29.3 Å². The van der Waals surface area contributed by atoms with Crippen LogP contribution in [0.15, 0.2) is 109 Å². The molecular formula is C56H56B2S4. The van der Waals surface area contributed by atoms with Gasteiger partial charge in [0.1, 0.15) is 0 Å². The van der Waals surface area contributed by atoms with Crippen molar-refractivity contribution in [1.29, 1.82) is 0 Å². The topological polar surface area (TPSA) is 0 Å². The van der Waals surface area contributed by atoms with Crippen molar-refractivity contribution in [2.24, 2.45) is 0 Å². The minimum absolute atomic E-state index is 0.190. The highest BCUT2D eigenvalue weighted by atomic mass is 32.1. The Hall–Kier alpha value is -4.71.